The van der Waals surface area contributed by atoms with Crippen LogP contribution in [0.4, 0.5) is 0 Å². The fourth-order valence-corrected chi connectivity index (χ4v) is 3.08. The molecule has 0 aliphatic carbocycles. The number of aryl methyl sites for hydroxylation is 1. The second-order valence-electron chi connectivity index (χ2n) is 6.54. The molecule has 0 saturated heterocycles. The predicted octanol–water partition coefficient (Wildman–Crippen LogP) is 5.64. The first kappa shape index (κ1) is 17.1. The van der Waals surface area contributed by atoms with Crippen LogP contribution < -0.4 is 4.74 Å². The van der Waals surface area contributed by atoms with E-state index in [4.69, 9.17) is 9.72 Å². The van der Waals surface area contributed by atoms with Crippen molar-refractivity contribution in [1.29, 1.82) is 0 Å². The summed E-state index contributed by atoms with van der Waals surface area (Å²) in [6, 6.07) is 26.7. The molecule has 0 spiro atoms. The van der Waals surface area contributed by atoms with Crippen molar-refractivity contribution in [1.82, 2.24) is 9.55 Å². The highest BCUT2D eigenvalue weighted by atomic mass is 16.5. The summed E-state index contributed by atoms with van der Waals surface area (Å²) in [5, 5.41) is 0. The van der Waals surface area contributed by atoms with E-state index in [0.717, 1.165) is 29.2 Å². The van der Waals surface area contributed by atoms with Crippen LogP contribution in [0.2, 0.25) is 0 Å². The lowest BCUT2D eigenvalue weighted by Gasteiger charge is -2.09. The third-order valence-electron chi connectivity index (χ3n) is 4.52. The van der Waals surface area contributed by atoms with Crippen LogP contribution in [0.1, 0.15) is 17.0 Å². The van der Waals surface area contributed by atoms with Gasteiger partial charge >= 0.3 is 0 Å². The van der Waals surface area contributed by atoms with Crippen molar-refractivity contribution in [2.75, 3.05) is 0 Å². The number of para-hydroxylation sites is 2. The van der Waals surface area contributed by atoms with E-state index in [-0.39, 0.29) is 0 Å². The average Bonchev–Trinajstić information content (AvgIpc) is 3.06. The molecule has 4 rings (SSSR count). The molecule has 4 aromatic rings. The maximum atomic E-state index is 5.97. The molecule has 27 heavy (non-hydrogen) atoms. The molecule has 0 saturated carbocycles. The molecular weight excluding hydrogens is 332 g/mol. The molecule has 0 unspecified atom stereocenters. The number of aromatic nitrogens is 2. The summed E-state index contributed by atoms with van der Waals surface area (Å²) >= 11 is 0. The van der Waals surface area contributed by atoms with E-state index < -0.39 is 0 Å². The molecule has 0 bridgehead atoms. The van der Waals surface area contributed by atoms with Gasteiger partial charge < -0.3 is 9.30 Å². The number of hydrogen-bond donors (Lipinski definition) is 0. The largest absolute Gasteiger partial charge is 0.486 e. The van der Waals surface area contributed by atoms with E-state index in [0.29, 0.717) is 6.61 Å². The number of rotatable bonds is 6. The first-order valence-corrected chi connectivity index (χ1v) is 9.15. The van der Waals surface area contributed by atoms with Gasteiger partial charge in [0.15, 0.2) is 0 Å². The average molecular weight is 354 g/mol. The minimum atomic E-state index is 0.441. The van der Waals surface area contributed by atoms with Gasteiger partial charge in [0.25, 0.3) is 0 Å². The lowest BCUT2D eigenvalue weighted by Crippen LogP contribution is -2.06. The van der Waals surface area contributed by atoms with Gasteiger partial charge in [-0.1, -0.05) is 72.3 Å². The minimum absolute atomic E-state index is 0.441. The number of imidazole rings is 1. The Labute approximate surface area is 159 Å². The smallest absolute Gasteiger partial charge is 0.148 e. The second kappa shape index (κ2) is 7.92. The van der Waals surface area contributed by atoms with Crippen LogP contribution in [-0.2, 0) is 13.2 Å². The lowest BCUT2D eigenvalue weighted by atomic mass is 10.2. The summed E-state index contributed by atoms with van der Waals surface area (Å²) in [6.07, 6.45) is 4.30. The molecule has 0 radical (unpaired) electrons. The summed E-state index contributed by atoms with van der Waals surface area (Å²) in [6.45, 7) is 3.27. The molecular formula is C24H22N2O. The fraction of sp³-hybridized carbons (Fsp3) is 0.125. The van der Waals surface area contributed by atoms with Gasteiger partial charge in [-0.2, -0.15) is 0 Å². The summed E-state index contributed by atoms with van der Waals surface area (Å²) in [5.41, 5.74) is 4.53. The Morgan fingerprint density at radius 1 is 0.889 bits per heavy atom. The topological polar surface area (TPSA) is 27.1 Å². The van der Waals surface area contributed by atoms with Crippen LogP contribution in [0.5, 0.6) is 5.75 Å². The molecule has 0 aliphatic rings. The number of ether oxygens (including phenoxy) is 1. The van der Waals surface area contributed by atoms with E-state index in [2.05, 4.69) is 54.0 Å². The minimum Gasteiger partial charge on any atom is -0.486 e. The van der Waals surface area contributed by atoms with E-state index >= 15 is 0 Å². The Bertz CT molecular complexity index is 1050. The van der Waals surface area contributed by atoms with Crippen molar-refractivity contribution in [2.45, 2.75) is 20.1 Å². The Kier molecular flexibility index (Phi) is 5.01. The van der Waals surface area contributed by atoms with Gasteiger partial charge in [-0.25, -0.2) is 4.98 Å². The zero-order chi connectivity index (χ0) is 18.5. The molecule has 0 amide bonds. The quantitative estimate of drug-likeness (QED) is 0.448. The van der Waals surface area contributed by atoms with Crippen molar-refractivity contribution in [3.63, 3.8) is 0 Å². The third kappa shape index (κ3) is 4.09. The third-order valence-corrected chi connectivity index (χ3v) is 4.52. The van der Waals surface area contributed by atoms with Gasteiger partial charge in [0.2, 0.25) is 0 Å². The number of allylic oxidation sites excluding steroid dienone is 1. The summed E-state index contributed by atoms with van der Waals surface area (Å²) in [7, 11) is 0. The summed E-state index contributed by atoms with van der Waals surface area (Å²) in [5.74, 6) is 1.79. The van der Waals surface area contributed by atoms with Crippen molar-refractivity contribution in [3.05, 3.63) is 102 Å². The molecule has 0 fully saturated rings. The van der Waals surface area contributed by atoms with Crippen LogP contribution in [-0.4, -0.2) is 9.55 Å². The summed E-state index contributed by atoms with van der Waals surface area (Å²) in [4.78, 5) is 4.78. The Morgan fingerprint density at radius 2 is 1.63 bits per heavy atom. The first-order chi connectivity index (χ1) is 13.3. The fourth-order valence-electron chi connectivity index (χ4n) is 3.08. The van der Waals surface area contributed by atoms with E-state index in [9.17, 15) is 0 Å². The van der Waals surface area contributed by atoms with Crippen LogP contribution in [0.3, 0.4) is 0 Å². The second-order valence-corrected chi connectivity index (χ2v) is 6.54. The molecule has 0 atom stereocenters. The van der Waals surface area contributed by atoms with Gasteiger partial charge in [-0.15, -0.1) is 0 Å². The maximum Gasteiger partial charge on any atom is 0.148 e. The zero-order valence-corrected chi connectivity index (χ0v) is 15.4. The number of hydrogen-bond acceptors (Lipinski definition) is 2. The van der Waals surface area contributed by atoms with Crippen LogP contribution >= 0.6 is 0 Å². The molecule has 0 N–H and O–H groups in total. The Hall–Kier alpha value is -3.33. The van der Waals surface area contributed by atoms with Crippen molar-refractivity contribution in [2.24, 2.45) is 0 Å². The normalized spacial score (nSPS) is 11.3. The summed E-state index contributed by atoms with van der Waals surface area (Å²) < 4.78 is 8.19. The molecule has 3 aromatic carbocycles. The molecule has 0 aliphatic heterocycles. The SMILES string of the molecule is Cc1ccc(OCc2nc3ccccc3n2C/C=C/c2ccccc2)cc1. The monoisotopic (exact) mass is 354 g/mol. The first-order valence-electron chi connectivity index (χ1n) is 9.15. The van der Waals surface area contributed by atoms with E-state index in [1.54, 1.807) is 0 Å². The zero-order valence-electron chi connectivity index (χ0n) is 15.4. The highest BCUT2D eigenvalue weighted by molar-refractivity contribution is 5.76. The van der Waals surface area contributed by atoms with Gasteiger partial charge in [0, 0.05) is 6.54 Å². The van der Waals surface area contributed by atoms with Crippen molar-refractivity contribution >= 4 is 17.1 Å². The van der Waals surface area contributed by atoms with Crippen LogP contribution in [0, 0.1) is 6.92 Å². The van der Waals surface area contributed by atoms with Crippen molar-refractivity contribution in [3.8, 4) is 5.75 Å². The predicted molar refractivity (Wildman–Crippen MR) is 111 cm³/mol. The van der Waals surface area contributed by atoms with E-state index in [1.807, 2.05) is 48.5 Å². The van der Waals surface area contributed by atoms with Crippen molar-refractivity contribution < 1.29 is 4.74 Å². The highest BCUT2D eigenvalue weighted by Crippen LogP contribution is 2.19. The molecule has 3 nitrogen and oxygen atoms in total. The standard InChI is InChI=1S/C24H22N2O/c1-19-13-15-21(16-14-19)27-18-24-25-22-11-5-6-12-23(22)26(24)17-7-10-20-8-3-2-4-9-20/h2-16H,17-18H2,1H3/b10-7+. The van der Waals surface area contributed by atoms with Gasteiger partial charge in [0.05, 0.1) is 11.0 Å². The molecule has 1 aromatic heterocycles. The van der Waals surface area contributed by atoms with Gasteiger partial charge in [-0.3, -0.25) is 0 Å². The Balaban J connectivity index is 1.57. The van der Waals surface area contributed by atoms with Crippen LogP contribution in [0.25, 0.3) is 17.1 Å². The Morgan fingerprint density at radius 3 is 2.44 bits per heavy atom. The van der Waals surface area contributed by atoms with E-state index in [1.165, 1.54) is 11.1 Å². The van der Waals surface area contributed by atoms with Crippen LogP contribution in [0.15, 0.2) is 84.9 Å². The molecule has 3 heteroatoms. The van der Waals surface area contributed by atoms with Gasteiger partial charge in [-0.05, 0) is 36.8 Å². The molecule has 134 valence electrons. The van der Waals surface area contributed by atoms with Gasteiger partial charge in [0.1, 0.15) is 18.2 Å². The number of nitrogens with zero attached hydrogens (tertiary/aromatic N) is 2. The maximum absolute atomic E-state index is 5.97. The highest BCUT2D eigenvalue weighted by Gasteiger charge is 2.10. The molecule has 1 heterocycles. The number of fused-ring (bicyclic) bond motifs is 1. The lowest BCUT2D eigenvalue weighted by molar-refractivity contribution is 0.291. The number of benzene rings is 3.